The summed E-state index contributed by atoms with van der Waals surface area (Å²) in [7, 11) is 1.84. The number of benzene rings is 2. The molecule has 7 heteroatoms. The molecule has 1 aromatic heterocycles. The first-order valence-electron chi connectivity index (χ1n) is 12.4. The van der Waals surface area contributed by atoms with Gasteiger partial charge in [0.2, 0.25) is 5.88 Å². The van der Waals surface area contributed by atoms with Crippen molar-refractivity contribution in [1.29, 1.82) is 0 Å². The standard InChI is InChI=1S/C28H36FN3O3/c1-20(2)18-34-19-24(33)16-32(15-21-12-13-21)17-26-27(22-8-5-4-6-9-22)30-31(3)28(26)35-25-11-7-10-23(29)14-25/h4-11,14,20-21,24,33H,12-13,15-19H2,1-3H3/t24-/m1/s1. The third kappa shape index (κ3) is 7.37. The number of aromatic nitrogens is 2. The van der Waals surface area contributed by atoms with Gasteiger partial charge in [0.05, 0.1) is 18.3 Å². The van der Waals surface area contributed by atoms with Gasteiger partial charge in [0, 0.05) is 44.9 Å². The van der Waals surface area contributed by atoms with E-state index in [4.69, 9.17) is 14.6 Å². The van der Waals surface area contributed by atoms with Crippen LogP contribution in [0.15, 0.2) is 54.6 Å². The van der Waals surface area contributed by atoms with Crippen molar-refractivity contribution in [3.63, 3.8) is 0 Å². The van der Waals surface area contributed by atoms with Crippen LogP contribution in [-0.4, -0.2) is 52.2 Å². The number of ether oxygens (including phenoxy) is 2. The lowest BCUT2D eigenvalue weighted by Crippen LogP contribution is -2.36. The number of aliphatic hydroxyl groups excluding tert-OH is 1. The molecule has 0 unspecified atom stereocenters. The molecule has 35 heavy (non-hydrogen) atoms. The van der Waals surface area contributed by atoms with Crippen molar-refractivity contribution < 1.29 is 19.0 Å². The van der Waals surface area contributed by atoms with Crippen LogP contribution in [0.4, 0.5) is 4.39 Å². The third-order valence-electron chi connectivity index (χ3n) is 5.97. The van der Waals surface area contributed by atoms with Gasteiger partial charge in [0.15, 0.2) is 0 Å². The Bertz CT molecular complexity index is 1080. The van der Waals surface area contributed by atoms with Crippen LogP contribution < -0.4 is 4.74 Å². The first-order valence-corrected chi connectivity index (χ1v) is 12.4. The molecule has 0 aliphatic heterocycles. The summed E-state index contributed by atoms with van der Waals surface area (Å²) in [4.78, 5) is 2.27. The molecule has 0 bridgehead atoms. The maximum Gasteiger partial charge on any atom is 0.222 e. The third-order valence-corrected chi connectivity index (χ3v) is 5.97. The molecule has 0 amide bonds. The van der Waals surface area contributed by atoms with E-state index in [9.17, 15) is 9.50 Å². The zero-order valence-corrected chi connectivity index (χ0v) is 20.9. The molecule has 1 atom stereocenters. The van der Waals surface area contributed by atoms with Gasteiger partial charge in [-0.2, -0.15) is 5.10 Å². The van der Waals surface area contributed by atoms with Crippen molar-refractivity contribution in [3.8, 4) is 22.9 Å². The van der Waals surface area contributed by atoms with E-state index in [-0.39, 0.29) is 5.82 Å². The Kier molecular flexibility index (Phi) is 8.55. The quantitative estimate of drug-likeness (QED) is 0.361. The van der Waals surface area contributed by atoms with Gasteiger partial charge in [-0.15, -0.1) is 0 Å². The van der Waals surface area contributed by atoms with Crippen LogP contribution in [0.1, 0.15) is 32.3 Å². The van der Waals surface area contributed by atoms with Crippen LogP contribution in [0.3, 0.4) is 0 Å². The van der Waals surface area contributed by atoms with Gasteiger partial charge >= 0.3 is 0 Å². The number of hydrogen-bond donors (Lipinski definition) is 1. The van der Waals surface area contributed by atoms with E-state index >= 15 is 0 Å². The van der Waals surface area contributed by atoms with Gasteiger partial charge in [0.1, 0.15) is 17.3 Å². The average Bonchev–Trinajstić information content (AvgIpc) is 3.58. The zero-order chi connectivity index (χ0) is 24.8. The smallest absolute Gasteiger partial charge is 0.222 e. The SMILES string of the molecule is CC(C)COC[C@H](O)CN(Cc1c(-c2ccccc2)nn(C)c1Oc1cccc(F)c1)CC1CC1. The van der Waals surface area contributed by atoms with Gasteiger partial charge in [0.25, 0.3) is 0 Å². The van der Waals surface area contributed by atoms with E-state index in [2.05, 4.69) is 18.7 Å². The summed E-state index contributed by atoms with van der Waals surface area (Å²) in [6.07, 6.45) is 1.83. The summed E-state index contributed by atoms with van der Waals surface area (Å²) in [5.74, 6) is 1.71. The number of halogens is 1. The molecular weight excluding hydrogens is 445 g/mol. The number of aliphatic hydroxyl groups is 1. The fourth-order valence-corrected chi connectivity index (χ4v) is 4.18. The molecule has 1 N–H and O–H groups in total. The lowest BCUT2D eigenvalue weighted by atomic mass is 10.1. The minimum atomic E-state index is -0.586. The number of nitrogens with zero attached hydrogens (tertiary/aromatic N) is 3. The lowest BCUT2D eigenvalue weighted by molar-refractivity contribution is 0.00613. The molecule has 1 aliphatic rings. The lowest BCUT2D eigenvalue weighted by Gasteiger charge is -2.26. The second-order valence-corrected chi connectivity index (χ2v) is 9.90. The van der Waals surface area contributed by atoms with E-state index in [0.717, 1.165) is 23.4 Å². The minimum Gasteiger partial charge on any atom is -0.439 e. The summed E-state index contributed by atoms with van der Waals surface area (Å²) in [5, 5.41) is 15.5. The molecule has 0 spiro atoms. The Hall–Kier alpha value is -2.74. The predicted molar refractivity (Wildman–Crippen MR) is 135 cm³/mol. The van der Waals surface area contributed by atoms with Gasteiger partial charge in [-0.3, -0.25) is 4.90 Å². The van der Waals surface area contributed by atoms with Crippen molar-refractivity contribution in [3.05, 3.63) is 66.0 Å². The summed E-state index contributed by atoms with van der Waals surface area (Å²) >= 11 is 0. The average molecular weight is 482 g/mol. The Morgan fingerprint density at radius 1 is 1.11 bits per heavy atom. The van der Waals surface area contributed by atoms with E-state index in [1.54, 1.807) is 16.8 Å². The molecule has 188 valence electrons. The maximum absolute atomic E-state index is 13.8. The predicted octanol–water partition coefficient (Wildman–Crippen LogP) is 5.26. The molecule has 1 aliphatic carbocycles. The highest BCUT2D eigenvalue weighted by atomic mass is 19.1. The molecule has 2 aromatic carbocycles. The molecule has 4 rings (SSSR count). The van der Waals surface area contributed by atoms with Crippen LogP contribution in [0.25, 0.3) is 11.3 Å². The maximum atomic E-state index is 13.8. The molecular formula is C28H36FN3O3. The molecule has 1 saturated carbocycles. The van der Waals surface area contributed by atoms with E-state index in [0.29, 0.717) is 49.8 Å². The van der Waals surface area contributed by atoms with Crippen LogP contribution in [0, 0.1) is 17.7 Å². The Balaban J connectivity index is 1.61. The summed E-state index contributed by atoms with van der Waals surface area (Å²) in [5.41, 5.74) is 2.73. The number of hydrogen-bond acceptors (Lipinski definition) is 5. The topological polar surface area (TPSA) is 59.8 Å². The zero-order valence-electron chi connectivity index (χ0n) is 20.9. The van der Waals surface area contributed by atoms with Crippen LogP contribution in [0.2, 0.25) is 0 Å². The Morgan fingerprint density at radius 3 is 2.57 bits per heavy atom. The number of rotatable bonds is 13. The molecule has 1 fully saturated rings. The summed E-state index contributed by atoms with van der Waals surface area (Å²) in [6.45, 7) is 7.08. The van der Waals surface area contributed by atoms with Crippen molar-refractivity contribution in [2.75, 3.05) is 26.3 Å². The summed E-state index contributed by atoms with van der Waals surface area (Å²) < 4.78 is 27.4. The second kappa shape index (κ2) is 11.8. The molecule has 0 saturated heterocycles. The van der Waals surface area contributed by atoms with E-state index < -0.39 is 6.10 Å². The van der Waals surface area contributed by atoms with Crippen LogP contribution in [0.5, 0.6) is 11.6 Å². The van der Waals surface area contributed by atoms with Gasteiger partial charge in [-0.25, -0.2) is 9.07 Å². The van der Waals surface area contributed by atoms with Gasteiger partial charge in [-0.05, 0) is 36.8 Å². The van der Waals surface area contributed by atoms with E-state index in [1.165, 1.54) is 25.0 Å². The monoisotopic (exact) mass is 481 g/mol. The van der Waals surface area contributed by atoms with Gasteiger partial charge in [-0.1, -0.05) is 50.2 Å². The Morgan fingerprint density at radius 2 is 1.89 bits per heavy atom. The fourth-order valence-electron chi connectivity index (χ4n) is 4.18. The number of aryl methyl sites for hydroxylation is 1. The highest BCUT2D eigenvalue weighted by Crippen LogP contribution is 2.36. The molecule has 3 aromatic rings. The highest BCUT2D eigenvalue weighted by molar-refractivity contribution is 5.65. The molecule has 0 radical (unpaired) electrons. The normalized spacial score (nSPS) is 14.6. The molecule has 1 heterocycles. The summed E-state index contributed by atoms with van der Waals surface area (Å²) in [6, 6.07) is 16.1. The fraction of sp³-hybridized carbons (Fsp3) is 0.464. The first-order chi connectivity index (χ1) is 16.9. The van der Waals surface area contributed by atoms with Crippen molar-refractivity contribution in [1.82, 2.24) is 14.7 Å². The largest absolute Gasteiger partial charge is 0.439 e. The minimum absolute atomic E-state index is 0.310. The van der Waals surface area contributed by atoms with E-state index in [1.807, 2.05) is 37.4 Å². The van der Waals surface area contributed by atoms with Crippen LogP contribution >= 0.6 is 0 Å². The first kappa shape index (κ1) is 25.4. The second-order valence-electron chi connectivity index (χ2n) is 9.90. The van der Waals surface area contributed by atoms with Crippen LogP contribution in [-0.2, 0) is 18.3 Å². The van der Waals surface area contributed by atoms with Gasteiger partial charge < -0.3 is 14.6 Å². The van der Waals surface area contributed by atoms with Crippen molar-refractivity contribution in [2.24, 2.45) is 18.9 Å². The van der Waals surface area contributed by atoms with Crippen molar-refractivity contribution >= 4 is 0 Å². The van der Waals surface area contributed by atoms with Crippen molar-refractivity contribution in [2.45, 2.75) is 39.3 Å². The molecule has 6 nitrogen and oxygen atoms in total. The Labute approximate surface area is 207 Å². The highest BCUT2D eigenvalue weighted by Gasteiger charge is 2.28.